The standard InChI is InChI=1S/C10H17N3O/c1-8(2)7-13-9(3)10(11-12-13)5-4-6-14/h14H,1,4-7H2,2-3H3. The van der Waals surface area contributed by atoms with E-state index in [2.05, 4.69) is 16.9 Å². The van der Waals surface area contributed by atoms with Crippen molar-refractivity contribution in [3.05, 3.63) is 23.5 Å². The van der Waals surface area contributed by atoms with Gasteiger partial charge in [-0.2, -0.15) is 0 Å². The number of allylic oxidation sites excluding steroid dienone is 1. The average Bonchev–Trinajstić information content (AvgIpc) is 2.45. The fourth-order valence-electron chi connectivity index (χ4n) is 1.28. The van der Waals surface area contributed by atoms with Crippen molar-refractivity contribution in [2.24, 2.45) is 0 Å². The quantitative estimate of drug-likeness (QED) is 0.715. The lowest BCUT2D eigenvalue weighted by Crippen LogP contribution is -2.03. The Bertz CT molecular complexity index is 317. The molecule has 0 atom stereocenters. The van der Waals surface area contributed by atoms with Gasteiger partial charge in [-0.3, -0.25) is 0 Å². The summed E-state index contributed by atoms with van der Waals surface area (Å²) in [7, 11) is 0. The number of nitrogens with zero attached hydrogens (tertiary/aromatic N) is 3. The van der Waals surface area contributed by atoms with Gasteiger partial charge in [0.25, 0.3) is 0 Å². The number of aromatic nitrogens is 3. The number of aryl methyl sites for hydroxylation is 1. The van der Waals surface area contributed by atoms with Gasteiger partial charge in [0.05, 0.1) is 17.9 Å². The third-order valence-corrected chi connectivity index (χ3v) is 2.07. The van der Waals surface area contributed by atoms with Crippen LogP contribution in [0.15, 0.2) is 12.2 Å². The topological polar surface area (TPSA) is 50.9 Å². The Hall–Kier alpha value is -1.16. The summed E-state index contributed by atoms with van der Waals surface area (Å²) in [5.41, 5.74) is 3.11. The van der Waals surface area contributed by atoms with E-state index in [1.54, 1.807) is 0 Å². The van der Waals surface area contributed by atoms with Crippen LogP contribution in [-0.4, -0.2) is 26.7 Å². The fraction of sp³-hybridized carbons (Fsp3) is 0.600. The Morgan fingerprint density at radius 2 is 2.29 bits per heavy atom. The molecule has 0 saturated carbocycles. The van der Waals surface area contributed by atoms with Gasteiger partial charge in [-0.1, -0.05) is 17.4 Å². The van der Waals surface area contributed by atoms with E-state index >= 15 is 0 Å². The molecule has 0 saturated heterocycles. The smallest absolute Gasteiger partial charge is 0.0857 e. The number of aliphatic hydroxyl groups excluding tert-OH is 1. The first-order valence-corrected chi connectivity index (χ1v) is 4.79. The summed E-state index contributed by atoms with van der Waals surface area (Å²) >= 11 is 0. The predicted molar refractivity (Wildman–Crippen MR) is 55.0 cm³/mol. The summed E-state index contributed by atoms with van der Waals surface area (Å²) in [5, 5.41) is 16.8. The number of hydrogen-bond acceptors (Lipinski definition) is 3. The largest absolute Gasteiger partial charge is 0.396 e. The summed E-state index contributed by atoms with van der Waals surface area (Å²) in [6, 6.07) is 0. The van der Waals surface area contributed by atoms with Crippen molar-refractivity contribution in [2.75, 3.05) is 6.61 Å². The molecular formula is C10H17N3O. The second-order valence-electron chi connectivity index (χ2n) is 3.56. The molecule has 1 heterocycles. The van der Waals surface area contributed by atoms with E-state index in [0.717, 1.165) is 36.3 Å². The molecule has 0 aliphatic rings. The lowest BCUT2D eigenvalue weighted by Gasteiger charge is -2.02. The Morgan fingerprint density at radius 3 is 2.86 bits per heavy atom. The van der Waals surface area contributed by atoms with Crippen LogP contribution < -0.4 is 0 Å². The zero-order valence-electron chi connectivity index (χ0n) is 8.82. The SMILES string of the molecule is C=C(C)Cn1nnc(CCCO)c1C. The van der Waals surface area contributed by atoms with Crippen molar-refractivity contribution in [3.8, 4) is 0 Å². The van der Waals surface area contributed by atoms with Crippen LogP contribution in [0.5, 0.6) is 0 Å². The third-order valence-electron chi connectivity index (χ3n) is 2.07. The van der Waals surface area contributed by atoms with E-state index < -0.39 is 0 Å². The van der Waals surface area contributed by atoms with Crippen LogP contribution in [0, 0.1) is 6.92 Å². The van der Waals surface area contributed by atoms with E-state index in [9.17, 15) is 0 Å². The van der Waals surface area contributed by atoms with Crippen LogP contribution >= 0.6 is 0 Å². The molecule has 0 spiro atoms. The predicted octanol–water partition coefficient (Wildman–Crippen LogP) is 1.09. The van der Waals surface area contributed by atoms with Gasteiger partial charge in [0, 0.05) is 6.61 Å². The maximum atomic E-state index is 8.70. The maximum Gasteiger partial charge on any atom is 0.0857 e. The van der Waals surface area contributed by atoms with E-state index in [4.69, 9.17) is 5.11 Å². The third kappa shape index (κ3) is 2.67. The lowest BCUT2D eigenvalue weighted by atomic mass is 10.2. The molecule has 4 nitrogen and oxygen atoms in total. The van der Waals surface area contributed by atoms with Crippen molar-refractivity contribution in [2.45, 2.75) is 33.2 Å². The molecule has 0 fully saturated rings. The maximum absolute atomic E-state index is 8.70. The molecule has 0 unspecified atom stereocenters. The minimum absolute atomic E-state index is 0.201. The normalized spacial score (nSPS) is 10.5. The van der Waals surface area contributed by atoms with Crippen molar-refractivity contribution >= 4 is 0 Å². The highest BCUT2D eigenvalue weighted by Gasteiger charge is 2.07. The van der Waals surface area contributed by atoms with Crippen LogP contribution in [0.1, 0.15) is 24.7 Å². The minimum Gasteiger partial charge on any atom is -0.396 e. The zero-order valence-corrected chi connectivity index (χ0v) is 8.82. The first-order valence-electron chi connectivity index (χ1n) is 4.79. The first-order chi connectivity index (χ1) is 6.65. The Balaban J connectivity index is 2.69. The van der Waals surface area contributed by atoms with Crippen molar-refractivity contribution < 1.29 is 5.11 Å². The monoisotopic (exact) mass is 195 g/mol. The average molecular weight is 195 g/mol. The zero-order chi connectivity index (χ0) is 10.6. The molecule has 1 rings (SSSR count). The molecule has 1 aromatic heterocycles. The Labute approximate surface area is 84.3 Å². The fourth-order valence-corrected chi connectivity index (χ4v) is 1.28. The van der Waals surface area contributed by atoms with Crippen LogP contribution in [0.2, 0.25) is 0 Å². The molecule has 0 aliphatic carbocycles. The van der Waals surface area contributed by atoms with Crippen LogP contribution in [0.3, 0.4) is 0 Å². The molecule has 1 N–H and O–H groups in total. The molecule has 4 heteroatoms. The van der Waals surface area contributed by atoms with Gasteiger partial charge in [-0.05, 0) is 26.7 Å². The van der Waals surface area contributed by atoms with E-state index in [1.807, 2.05) is 18.5 Å². The van der Waals surface area contributed by atoms with Crippen molar-refractivity contribution in [3.63, 3.8) is 0 Å². The number of rotatable bonds is 5. The summed E-state index contributed by atoms with van der Waals surface area (Å²) in [6.45, 7) is 8.72. The Kier molecular flexibility index (Phi) is 3.83. The molecule has 0 amide bonds. The molecule has 0 aliphatic heterocycles. The van der Waals surface area contributed by atoms with E-state index in [0.29, 0.717) is 0 Å². The highest BCUT2D eigenvalue weighted by atomic mass is 16.2. The first kappa shape index (κ1) is 10.9. The lowest BCUT2D eigenvalue weighted by molar-refractivity contribution is 0.288. The van der Waals surface area contributed by atoms with Gasteiger partial charge in [-0.25, -0.2) is 4.68 Å². The van der Waals surface area contributed by atoms with Crippen molar-refractivity contribution in [1.82, 2.24) is 15.0 Å². The van der Waals surface area contributed by atoms with Crippen molar-refractivity contribution in [1.29, 1.82) is 0 Å². The molecule has 1 aromatic rings. The van der Waals surface area contributed by atoms with Gasteiger partial charge < -0.3 is 5.11 Å². The molecule has 14 heavy (non-hydrogen) atoms. The van der Waals surface area contributed by atoms with Crippen LogP contribution in [0.25, 0.3) is 0 Å². The number of hydrogen-bond donors (Lipinski definition) is 1. The van der Waals surface area contributed by atoms with Gasteiger partial charge in [0.15, 0.2) is 0 Å². The summed E-state index contributed by atoms with van der Waals surface area (Å²) in [6.07, 6.45) is 1.53. The second-order valence-corrected chi connectivity index (χ2v) is 3.56. The van der Waals surface area contributed by atoms with Gasteiger partial charge in [-0.15, -0.1) is 5.10 Å². The van der Waals surface area contributed by atoms with E-state index in [1.165, 1.54) is 0 Å². The number of aliphatic hydroxyl groups is 1. The summed E-state index contributed by atoms with van der Waals surface area (Å²) in [5.74, 6) is 0. The molecule has 0 radical (unpaired) electrons. The summed E-state index contributed by atoms with van der Waals surface area (Å²) < 4.78 is 1.84. The molecular weight excluding hydrogens is 178 g/mol. The van der Waals surface area contributed by atoms with Gasteiger partial charge in [0.1, 0.15) is 0 Å². The highest BCUT2D eigenvalue weighted by molar-refractivity contribution is 5.09. The molecule has 78 valence electrons. The second kappa shape index (κ2) is 4.91. The van der Waals surface area contributed by atoms with Crippen LogP contribution in [-0.2, 0) is 13.0 Å². The minimum atomic E-state index is 0.201. The van der Waals surface area contributed by atoms with E-state index in [-0.39, 0.29) is 6.61 Å². The van der Waals surface area contributed by atoms with Gasteiger partial charge in [0.2, 0.25) is 0 Å². The van der Waals surface area contributed by atoms with Crippen LogP contribution in [0.4, 0.5) is 0 Å². The summed E-state index contributed by atoms with van der Waals surface area (Å²) in [4.78, 5) is 0. The van der Waals surface area contributed by atoms with Gasteiger partial charge >= 0.3 is 0 Å². The Morgan fingerprint density at radius 1 is 1.57 bits per heavy atom. The highest BCUT2D eigenvalue weighted by Crippen LogP contribution is 2.07. The molecule has 0 aromatic carbocycles. The molecule has 0 bridgehead atoms.